The molecule has 0 nitrogen and oxygen atoms in total. The Kier molecular flexibility index (Phi) is 6.67. The van der Waals surface area contributed by atoms with Crippen molar-refractivity contribution in [2.75, 3.05) is 0 Å². The lowest BCUT2D eigenvalue weighted by Gasteiger charge is -2.42. The molecule has 2 aliphatic rings. The van der Waals surface area contributed by atoms with Gasteiger partial charge in [-0.3, -0.25) is 0 Å². The van der Waals surface area contributed by atoms with E-state index in [1.165, 1.54) is 75.5 Å². The lowest BCUT2D eigenvalue weighted by molar-refractivity contribution is 0.0921. The molecule has 0 spiro atoms. The number of aryl methyl sites for hydroxylation is 1. The zero-order valence-electron chi connectivity index (χ0n) is 17.7. The number of rotatable bonds is 6. The van der Waals surface area contributed by atoms with Gasteiger partial charge in [-0.1, -0.05) is 56.9 Å². The molecule has 0 saturated heterocycles. The van der Waals surface area contributed by atoms with Gasteiger partial charge in [-0.2, -0.15) is 0 Å². The maximum absolute atomic E-state index is 13.5. The van der Waals surface area contributed by atoms with E-state index in [1.807, 2.05) is 12.1 Å². The van der Waals surface area contributed by atoms with Gasteiger partial charge in [0.2, 0.25) is 0 Å². The fourth-order valence-corrected chi connectivity index (χ4v) is 5.97. The monoisotopic (exact) mass is 396 g/mol. The van der Waals surface area contributed by atoms with Crippen LogP contribution in [-0.4, -0.2) is 0 Å². The highest BCUT2D eigenvalue weighted by atomic mass is 19.1. The molecule has 0 heterocycles. The van der Waals surface area contributed by atoms with Crippen LogP contribution in [0.15, 0.2) is 42.5 Å². The third-order valence-electron chi connectivity index (χ3n) is 7.52. The first-order valence-corrected chi connectivity index (χ1v) is 11.7. The average molecular weight is 397 g/mol. The lowest BCUT2D eigenvalue weighted by atomic mass is 9.63. The van der Waals surface area contributed by atoms with Crippen molar-refractivity contribution in [3.63, 3.8) is 0 Å². The first kappa shape index (κ1) is 20.6. The molecular formula is C27H34F2. The van der Waals surface area contributed by atoms with Gasteiger partial charge in [-0.05, 0) is 91.0 Å². The van der Waals surface area contributed by atoms with E-state index in [-0.39, 0.29) is 0 Å². The second-order valence-corrected chi connectivity index (χ2v) is 9.56. The van der Waals surface area contributed by atoms with E-state index < -0.39 is 11.6 Å². The molecule has 0 N–H and O–H groups in total. The van der Waals surface area contributed by atoms with Crippen molar-refractivity contribution in [1.82, 2.24) is 0 Å². The van der Waals surface area contributed by atoms with E-state index in [0.717, 1.165) is 41.7 Å². The number of benzene rings is 2. The molecule has 2 saturated carbocycles. The molecule has 0 radical (unpaired) electrons. The van der Waals surface area contributed by atoms with Crippen molar-refractivity contribution in [3.05, 3.63) is 59.7 Å². The summed E-state index contributed by atoms with van der Waals surface area (Å²) in [5.41, 5.74) is 2.81. The summed E-state index contributed by atoms with van der Waals surface area (Å²) < 4.78 is 26.9. The minimum absolute atomic E-state index is 0.525. The molecule has 29 heavy (non-hydrogen) atoms. The van der Waals surface area contributed by atoms with Crippen LogP contribution in [0.5, 0.6) is 0 Å². The molecule has 156 valence electrons. The fourth-order valence-electron chi connectivity index (χ4n) is 5.97. The van der Waals surface area contributed by atoms with E-state index in [9.17, 15) is 8.78 Å². The molecule has 0 amide bonds. The maximum Gasteiger partial charge on any atom is 0.126 e. The zero-order valence-corrected chi connectivity index (χ0v) is 17.7. The van der Waals surface area contributed by atoms with Gasteiger partial charge in [0.05, 0.1) is 0 Å². The molecule has 0 aliphatic heterocycles. The number of hydrogen-bond donors (Lipinski definition) is 0. The molecule has 2 aliphatic carbocycles. The van der Waals surface area contributed by atoms with Crippen LogP contribution in [0, 0.1) is 35.3 Å². The van der Waals surface area contributed by atoms with Crippen LogP contribution in [0.1, 0.15) is 70.3 Å². The summed E-state index contributed by atoms with van der Waals surface area (Å²) in [5, 5.41) is 0. The smallest absolute Gasteiger partial charge is 0.126 e. The first-order chi connectivity index (χ1) is 14.1. The third kappa shape index (κ3) is 5.27. The predicted molar refractivity (Wildman–Crippen MR) is 117 cm³/mol. The Bertz CT molecular complexity index is 774. The van der Waals surface area contributed by atoms with Gasteiger partial charge in [-0.25, -0.2) is 8.78 Å². The maximum atomic E-state index is 13.5. The molecule has 0 aromatic heterocycles. The Balaban J connectivity index is 1.29. The normalized spacial score (nSPS) is 26.9. The summed E-state index contributed by atoms with van der Waals surface area (Å²) in [5.74, 6) is 2.81. The van der Waals surface area contributed by atoms with E-state index in [1.54, 1.807) is 0 Å². The average Bonchev–Trinajstić information content (AvgIpc) is 2.72. The highest BCUT2D eigenvalue weighted by Crippen LogP contribution is 2.46. The van der Waals surface area contributed by atoms with Crippen molar-refractivity contribution in [3.8, 4) is 11.1 Å². The van der Waals surface area contributed by atoms with Crippen molar-refractivity contribution in [2.24, 2.45) is 23.7 Å². The Morgan fingerprint density at radius 3 is 1.90 bits per heavy atom. The summed E-state index contributed by atoms with van der Waals surface area (Å²) in [6.07, 6.45) is 13.9. The molecule has 2 aromatic rings. The van der Waals surface area contributed by atoms with Crippen LogP contribution in [0.2, 0.25) is 0 Å². The Morgan fingerprint density at radius 2 is 1.31 bits per heavy atom. The predicted octanol–water partition coefficient (Wildman–Crippen LogP) is 8.20. The molecule has 4 unspecified atom stereocenters. The number of hydrogen-bond acceptors (Lipinski definition) is 0. The summed E-state index contributed by atoms with van der Waals surface area (Å²) in [4.78, 5) is 0. The van der Waals surface area contributed by atoms with Crippen molar-refractivity contribution >= 4 is 0 Å². The molecule has 2 aromatic carbocycles. The van der Waals surface area contributed by atoms with Gasteiger partial charge < -0.3 is 0 Å². The van der Waals surface area contributed by atoms with Gasteiger partial charge in [0.1, 0.15) is 11.6 Å². The van der Waals surface area contributed by atoms with Crippen molar-refractivity contribution in [2.45, 2.75) is 71.1 Å². The van der Waals surface area contributed by atoms with Crippen LogP contribution in [-0.2, 0) is 6.42 Å². The second kappa shape index (κ2) is 9.41. The zero-order chi connectivity index (χ0) is 20.2. The molecule has 4 atom stereocenters. The first-order valence-electron chi connectivity index (χ1n) is 11.7. The van der Waals surface area contributed by atoms with Gasteiger partial charge in [0.15, 0.2) is 0 Å². The third-order valence-corrected chi connectivity index (χ3v) is 7.52. The topological polar surface area (TPSA) is 0 Å². The quantitative estimate of drug-likeness (QED) is 0.461. The molecule has 2 heteroatoms. The van der Waals surface area contributed by atoms with Crippen LogP contribution >= 0.6 is 0 Å². The van der Waals surface area contributed by atoms with Crippen LogP contribution < -0.4 is 0 Å². The molecule has 4 rings (SSSR count). The highest BCUT2D eigenvalue weighted by Gasteiger charge is 2.34. The summed E-state index contributed by atoms with van der Waals surface area (Å²) >= 11 is 0. The summed E-state index contributed by atoms with van der Waals surface area (Å²) in [6, 6.07) is 11.9. The van der Waals surface area contributed by atoms with Crippen molar-refractivity contribution in [1.29, 1.82) is 0 Å². The lowest BCUT2D eigenvalue weighted by Crippen LogP contribution is -2.31. The van der Waals surface area contributed by atoms with Gasteiger partial charge in [0.25, 0.3) is 0 Å². The van der Waals surface area contributed by atoms with Crippen LogP contribution in [0.4, 0.5) is 8.78 Å². The van der Waals surface area contributed by atoms with Crippen molar-refractivity contribution < 1.29 is 8.78 Å². The van der Waals surface area contributed by atoms with Gasteiger partial charge >= 0.3 is 0 Å². The Morgan fingerprint density at radius 1 is 0.724 bits per heavy atom. The summed E-state index contributed by atoms with van der Waals surface area (Å²) in [7, 11) is 0. The van der Waals surface area contributed by atoms with E-state index >= 15 is 0 Å². The molecule has 0 bridgehead atoms. The minimum atomic E-state index is -0.525. The highest BCUT2D eigenvalue weighted by molar-refractivity contribution is 5.63. The Hall–Kier alpha value is -1.70. The Labute approximate surface area is 174 Å². The largest absolute Gasteiger partial charge is 0.207 e. The van der Waals surface area contributed by atoms with E-state index in [0.29, 0.717) is 5.56 Å². The summed E-state index contributed by atoms with van der Waals surface area (Å²) in [6.45, 7) is 2.33. The SMILES string of the molecule is CCCC1CCC2CC(CCc3ccc(-c4cc(F)cc(F)c4)cc3)CCC2C1. The molecular weight excluding hydrogens is 362 g/mol. The number of halogens is 2. The van der Waals surface area contributed by atoms with E-state index in [2.05, 4.69) is 19.1 Å². The minimum Gasteiger partial charge on any atom is -0.207 e. The standard InChI is InChI=1S/C27H34F2/c1-2-3-20-8-12-24-15-21(9-13-23(24)14-20)5-4-19-6-10-22(11-7-19)25-16-26(28)18-27(29)17-25/h6-7,10-11,16-18,20-21,23-24H,2-5,8-9,12-15H2,1H3. The van der Waals surface area contributed by atoms with E-state index in [4.69, 9.17) is 0 Å². The van der Waals surface area contributed by atoms with Gasteiger partial charge in [-0.15, -0.1) is 0 Å². The van der Waals surface area contributed by atoms with Crippen LogP contribution in [0.25, 0.3) is 11.1 Å². The fraction of sp³-hybridized carbons (Fsp3) is 0.556. The van der Waals surface area contributed by atoms with Crippen LogP contribution in [0.3, 0.4) is 0 Å². The molecule has 2 fully saturated rings. The number of fused-ring (bicyclic) bond motifs is 1. The second-order valence-electron chi connectivity index (χ2n) is 9.56. The van der Waals surface area contributed by atoms with Gasteiger partial charge in [0, 0.05) is 6.07 Å².